The van der Waals surface area contributed by atoms with E-state index in [1.54, 1.807) is 24.4 Å². The Bertz CT molecular complexity index is 1490. The van der Waals surface area contributed by atoms with Gasteiger partial charge in [0.2, 0.25) is 0 Å². The van der Waals surface area contributed by atoms with Gasteiger partial charge in [-0.15, -0.1) is 11.3 Å². The second-order valence-corrected chi connectivity index (χ2v) is 9.26. The number of fused-ring (bicyclic) bond motifs is 1. The number of alkyl halides is 3. The molecule has 4 rings (SSSR count). The Morgan fingerprint density at radius 1 is 1.14 bits per heavy atom. The number of thiophene rings is 1. The first-order valence-electron chi connectivity index (χ1n) is 10.7. The summed E-state index contributed by atoms with van der Waals surface area (Å²) < 4.78 is 50.9. The van der Waals surface area contributed by atoms with Gasteiger partial charge in [0.25, 0.3) is 5.91 Å². The standard InChI is InChI=1S/C25H17Cl2F3N2O4S/c1-2-35-24(34)17-10-31-22(27)20-14(12-37-21(17)20)11-36-16-5-3-4-13(8-16)23(33)32-15-6-7-19(26)18(9-15)25(28,29)30/h3-10,12H,2,11H2,1H3,(H,32,33). The van der Waals surface area contributed by atoms with E-state index in [-0.39, 0.29) is 29.6 Å². The molecule has 2 aromatic carbocycles. The Balaban J connectivity index is 1.51. The Kier molecular flexibility index (Phi) is 7.91. The van der Waals surface area contributed by atoms with E-state index >= 15 is 0 Å². The highest BCUT2D eigenvalue weighted by Crippen LogP contribution is 2.37. The van der Waals surface area contributed by atoms with Crippen molar-refractivity contribution >= 4 is 62.2 Å². The number of hydrogen-bond donors (Lipinski definition) is 1. The topological polar surface area (TPSA) is 77.5 Å². The molecule has 0 unspecified atom stereocenters. The molecule has 1 N–H and O–H groups in total. The largest absolute Gasteiger partial charge is 0.489 e. The van der Waals surface area contributed by atoms with Crippen LogP contribution in [0.4, 0.5) is 18.9 Å². The molecule has 0 aliphatic heterocycles. The van der Waals surface area contributed by atoms with Gasteiger partial charge in [-0.05, 0) is 48.7 Å². The van der Waals surface area contributed by atoms with Crippen molar-refractivity contribution in [3.63, 3.8) is 0 Å². The maximum atomic E-state index is 13.1. The zero-order chi connectivity index (χ0) is 26.7. The van der Waals surface area contributed by atoms with Crippen LogP contribution in [0.3, 0.4) is 0 Å². The molecule has 0 saturated carbocycles. The highest BCUT2D eigenvalue weighted by molar-refractivity contribution is 7.17. The van der Waals surface area contributed by atoms with E-state index in [2.05, 4.69) is 10.3 Å². The first-order valence-corrected chi connectivity index (χ1v) is 12.3. The molecule has 4 aromatic rings. The Labute approximate surface area is 222 Å². The lowest BCUT2D eigenvalue weighted by Gasteiger charge is -2.12. The van der Waals surface area contributed by atoms with Gasteiger partial charge < -0.3 is 14.8 Å². The highest BCUT2D eigenvalue weighted by atomic mass is 35.5. The number of nitrogens with one attached hydrogen (secondary N) is 1. The van der Waals surface area contributed by atoms with Gasteiger partial charge in [0.05, 0.1) is 27.5 Å². The summed E-state index contributed by atoms with van der Waals surface area (Å²) in [7, 11) is 0. The van der Waals surface area contributed by atoms with Gasteiger partial charge in [0, 0.05) is 28.4 Å². The lowest BCUT2D eigenvalue weighted by molar-refractivity contribution is -0.137. The van der Waals surface area contributed by atoms with E-state index in [9.17, 15) is 22.8 Å². The molecular weight excluding hydrogens is 552 g/mol. The number of hydrogen-bond acceptors (Lipinski definition) is 6. The number of carbonyl (C=O) groups excluding carboxylic acids is 2. The van der Waals surface area contributed by atoms with Crippen molar-refractivity contribution in [3.05, 3.63) is 86.5 Å². The van der Waals surface area contributed by atoms with Crippen LogP contribution in [0.1, 0.15) is 38.8 Å². The van der Waals surface area contributed by atoms with Crippen molar-refractivity contribution in [2.24, 2.45) is 0 Å². The molecule has 0 aliphatic rings. The second kappa shape index (κ2) is 11.0. The number of anilines is 1. The van der Waals surface area contributed by atoms with Crippen LogP contribution in [-0.2, 0) is 17.5 Å². The van der Waals surface area contributed by atoms with Gasteiger partial charge in [-0.3, -0.25) is 4.79 Å². The van der Waals surface area contributed by atoms with Gasteiger partial charge in [-0.25, -0.2) is 9.78 Å². The summed E-state index contributed by atoms with van der Waals surface area (Å²) in [6.45, 7) is 1.98. The van der Waals surface area contributed by atoms with Crippen LogP contribution < -0.4 is 10.1 Å². The first-order chi connectivity index (χ1) is 17.6. The molecule has 192 valence electrons. The molecule has 0 aliphatic carbocycles. The maximum absolute atomic E-state index is 13.1. The number of ether oxygens (including phenoxy) is 2. The van der Waals surface area contributed by atoms with Crippen LogP contribution in [-0.4, -0.2) is 23.5 Å². The van der Waals surface area contributed by atoms with Gasteiger partial charge in [0.15, 0.2) is 0 Å². The SMILES string of the molecule is CCOC(=O)c1cnc(Cl)c2c(COc3cccc(C(=O)Nc4ccc(Cl)c(C(F)(F)F)c4)c3)csc12. The third kappa shape index (κ3) is 5.98. The maximum Gasteiger partial charge on any atom is 0.417 e. The van der Waals surface area contributed by atoms with Crippen LogP contribution in [0.5, 0.6) is 5.75 Å². The van der Waals surface area contributed by atoms with Gasteiger partial charge in [0.1, 0.15) is 17.5 Å². The molecule has 0 radical (unpaired) electrons. The molecule has 2 aromatic heterocycles. The summed E-state index contributed by atoms with van der Waals surface area (Å²) in [5, 5.41) is 4.52. The minimum absolute atomic E-state index is 0.0580. The Hall–Kier alpha value is -3.34. The van der Waals surface area contributed by atoms with E-state index in [1.165, 1.54) is 35.7 Å². The predicted octanol–water partition coefficient (Wildman–Crippen LogP) is 7.63. The number of aromatic nitrogens is 1. The fourth-order valence-electron chi connectivity index (χ4n) is 3.43. The zero-order valence-electron chi connectivity index (χ0n) is 19.0. The average molecular weight is 569 g/mol. The summed E-state index contributed by atoms with van der Waals surface area (Å²) in [5.74, 6) is -0.800. The van der Waals surface area contributed by atoms with E-state index in [0.29, 0.717) is 27.0 Å². The Morgan fingerprint density at radius 2 is 1.92 bits per heavy atom. The lowest BCUT2D eigenvalue weighted by atomic mass is 10.1. The van der Waals surface area contributed by atoms with E-state index < -0.39 is 28.6 Å². The molecule has 0 bridgehead atoms. The van der Waals surface area contributed by atoms with Crippen molar-refractivity contribution in [3.8, 4) is 5.75 Å². The molecule has 6 nitrogen and oxygen atoms in total. The fourth-order valence-corrected chi connectivity index (χ4v) is 5.03. The molecule has 0 saturated heterocycles. The van der Waals surface area contributed by atoms with Crippen LogP contribution in [0, 0.1) is 0 Å². The predicted molar refractivity (Wildman–Crippen MR) is 136 cm³/mol. The van der Waals surface area contributed by atoms with Crippen molar-refractivity contribution in [1.29, 1.82) is 0 Å². The molecule has 2 heterocycles. The summed E-state index contributed by atoms with van der Waals surface area (Å²) in [4.78, 5) is 29.0. The van der Waals surface area contributed by atoms with Crippen LogP contribution >= 0.6 is 34.5 Å². The fraction of sp³-hybridized carbons (Fsp3) is 0.160. The number of benzene rings is 2. The smallest absolute Gasteiger partial charge is 0.417 e. The molecular formula is C25H17Cl2F3N2O4S. The molecule has 1 amide bonds. The minimum Gasteiger partial charge on any atom is -0.489 e. The van der Waals surface area contributed by atoms with E-state index in [1.807, 2.05) is 0 Å². The normalized spacial score (nSPS) is 11.4. The monoisotopic (exact) mass is 568 g/mol. The number of amides is 1. The first kappa shape index (κ1) is 26.7. The number of nitrogens with zero attached hydrogens (tertiary/aromatic N) is 1. The molecule has 0 fully saturated rings. The lowest BCUT2D eigenvalue weighted by Crippen LogP contribution is -2.13. The highest BCUT2D eigenvalue weighted by Gasteiger charge is 2.33. The minimum atomic E-state index is -4.66. The van der Waals surface area contributed by atoms with Gasteiger partial charge in [-0.1, -0.05) is 29.3 Å². The number of rotatable bonds is 7. The van der Waals surface area contributed by atoms with Crippen molar-refractivity contribution in [1.82, 2.24) is 4.98 Å². The number of carbonyl (C=O) groups is 2. The third-order valence-corrected chi connectivity index (χ3v) is 6.82. The number of esters is 1. The summed E-state index contributed by atoms with van der Waals surface area (Å²) in [6.07, 6.45) is -3.29. The summed E-state index contributed by atoms with van der Waals surface area (Å²) in [6, 6.07) is 9.26. The average Bonchev–Trinajstić information content (AvgIpc) is 3.28. The van der Waals surface area contributed by atoms with Crippen LogP contribution in [0.15, 0.2) is 54.0 Å². The van der Waals surface area contributed by atoms with Crippen molar-refractivity contribution in [2.75, 3.05) is 11.9 Å². The van der Waals surface area contributed by atoms with Crippen LogP contribution in [0.2, 0.25) is 10.2 Å². The summed E-state index contributed by atoms with van der Waals surface area (Å²) >= 11 is 13.2. The number of halogens is 5. The van der Waals surface area contributed by atoms with E-state index in [0.717, 1.165) is 12.1 Å². The molecule has 37 heavy (non-hydrogen) atoms. The summed E-state index contributed by atoms with van der Waals surface area (Å²) in [5.41, 5.74) is 0.0375. The second-order valence-electron chi connectivity index (χ2n) is 7.61. The van der Waals surface area contributed by atoms with Crippen molar-refractivity contribution < 1.29 is 32.2 Å². The van der Waals surface area contributed by atoms with Gasteiger partial charge in [-0.2, -0.15) is 13.2 Å². The number of pyridine rings is 1. The quantitative estimate of drug-likeness (QED) is 0.183. The molecule has 12 heteroatoms. The molecule has 0 spiro atoms. The van der Waals surface area contributed by atoms with Gasteiger partial charge >= 0.3 is 12.1 Å². The zero-order valence-corrected chi connectivity index (χ0v) is 21.3. The molecule has 0 atom stereocenters. The van der Waals surface area contributed by atoms with Crippen LogP contribution in [0.25, 0.3) is 10.1 Å². The van der Waals surface area contributed by atoms with Crippen molar-refractivity contribution in [2.45, 2.75) is 19.7 Å². The Morgan fingerprint density at radius 3 is 2.65 bits per heavy atom. The van der Waals surface area contributed by atoms with E-state index in [4.69, 9.17) is 32.7 Å². The third-order valence-electron chi connectivity index (χ3n) is 5.14.